The van der Waals surface area contributed by atoms with Crippen LogP contribution in [0.1, 0.15) is 47.2 Å². The van der Waals surface area contributed by atoms with Gasteiger partial charge >= 0.3 is 6.18 Å². The number of halogens is 3. The molecule has 5 aromatic rings. The summed E-state index contributed by atoms with van der Waals surface area (Å²) in [6, 6.07) is 22.6. The number of rotatable bonds is 11. The van der Waals surface area contributed by atoms with Crippen LogP contribution in [0.5, 0.6) is 23.0 Å². The highest BCUT2D eigenvalue weighted by Gasteiger charge is 2.39. The van der Waals surface area contributed by atoms with Gasteiger partial charge in [0.2, 0.25) is 11.8 Å². The van der Waals surface area contributed by atoms with Crippen molar-refractivity contribution in [1.82, 2.24) is 20.0 Å². The number of hydrogen-bond donors (Lipinski definition) is 2. The summed E-state index contributed by atoms with van der Waals surface area (Å²) in [5.74, 6) is 1.69. The fourth-order valence-electron chi connectivity index (χ4n) is 8.88. The Kier molecular flexibility index (Phi) is 11.4. The molecular formula is C46H46F3N5O6S. The van der Waals surface area contributed by atoms with E-state index in [0.29, 0.717) is 58.7 Å². The molecule has 0 aliphatic carbocycles. The van der Waals surface area contributed by atoms with Gasteiger partial charge in [0, 0.05) is 73.6 Å². The maximum absolute atomic E-state index is 13.2. The van der Waals surface area contributed by atoms with Crippen LogP contribution in [0.25, 0.3) is 20.5 Å². The summed E-state index contributed by atoms with van der Waals surface area (Å²) < 4.78 is 52.9. The molecule has 1 unspecified atom stereocenters. The Balaban J connectivity index is 0.713. The highest BCUT2D eigenvalue weighted by molar-refractivity contribution is 7.22. The smallest absolute Gasteiger partial charge is 0.416 e. The maximum Gasteiger partial charge on any atom is 0.416 e. The molecule has 15 heteroatoms. The molecule has 318 valence electrons. The van der Waals surface area contributed by atoms with E-state index in [9.17, 15) is 32.7 Å². The van der Waals surface area contributed by atoms with Gasteiger partial charge in [0.15, 0.2) is 5.75 Å². The second kappa shape index (κ2) is 17.0. The van der Waals surface area contributed by atoms with Crippen LogP contribution in [0.4, 0.5) is 18.9 Å². The zero-order valence-corrected chi connectivity index (χ0v) is 34.3. The molecule has 3 amide bonds. The largest absolute Gasteiger partial charge is 0.508 e. The van der Waals surface area contributed by atoms with Gasteiger partial charge in [-0.1, -0.05) is 12.1 Å². The number of aromatic hydroxyl groups is 1. The number of nitrogens with one attached hydrogen (secondary N) is 1. The van der Waals surface area contributed by atoms with Crippen LogP contribution in [-0.2, 0) is 22.3 Å². The summed E-state index contributed by atoms with van der Waals surface area (Å²) in [6.45, 7) is 8.67. The van der Waals surface area contributed by atoms with E-state index in [-0.39, 0.29) is 24.0 Å². The van der Waals surface area contributed by atoms with Crippen molar-refractivity contribution < 1.29 is 42.1 Å². The number of ether oxygens (including phenoxy) is 2. The summed E-state index contributed by atoms with van der Waals surface area (Å²) in [7, 11) is 0. The highest BCUT2D eigenvalue weighted by Crippen LogP contribution is 2.47. The molecule has 5 heterocycles. The molecule has 61 heavy (non-hydrogen) atoms. The number of imide groups is 1. The van der Waals surface area contributed by atoms with Crippen LogP contribution in [0.3, 0.4) is 0 Å². The Morgan fingerprint density at radius 3 is 2.26 bits per heavy atom. The number of phenolic OH excluding ortho intramolecular Hbond substituents is 1. The number of fused-ring (bicyclic) bond motifs is 2. The molecule has 4 aliphatic heterocycles. The lowest BCUT2D eigenvalue weighted by Crippen LogP contribution is -2.52. The van der Waals surface area contributed by atoms with Crippen molar-refractivity contribution in [2.45, 2.75) is 44.4 Å². The molecule has 3 saturated heterocycles. The average Bonchev–Trinajstić information content (AvgIpc) is 3.77. The molecular weight excluding hydrogens is 808 g/mol. The van der Waals surface area contributed by atoms with Crippen molar-refractivity contribution in [3.8, 4) is 33.4 Å². The van der Waals surface area contributed by atoms with E-state index < -0.39 is 23.7 Å². The average molecular weight is 854 g/mol. The number of alkyl halides is 3. The third-order valence-corrected chi connectivity index (χ3v) is 13.5. The first-order chi connectivity index (χ1) is 29.4. The van der Waals surface area contributed by atoms with E-state index in [1.54, 1.807) is 23.1 Å². The van der Waals surface area contributed by atoms with Gasteiger partial charge in [0.05, 0.1) is 10.4 Å². The fourth-order valence-corrected chi connectivity index (χ4v) is 10.1. The molecule has 0 saturated carbocycles. The SMILES string of the molecule is O=C1CCC(N2Cc3cc(N4CCN(CC5CCN(CCOc6ccc(Oc7c(-c8ccc(C(F)(F)F)cc8)sc8cc(O)ccc78)cc6)CC5)CC4)ccc3C2=O)C(=O)N1. The second-order valence-electron chi connectivity index (χ2n) is 16.3. The standard InChI is InChI=1S/C46H46F3N5O6S/c47-46(48,49)32-3-1-30(2-4-32)43-42(38-12-6-34(55)26-40(38)61-43)60-36-9-7-35(8-10-36)59-24-23-51-17-15-29(16-18-51)27-52-19-21-53(22-20-52)33-5-11-37-31(25-33)28-54(45(37)58)39-13-14-41(56)50-44(39)57/h1-12,25-26,29,39,55H,13-24,27-28H2,(H,50,56,57). The number of carbonyl (C=O) groups excluding carboxylic acids is 3. The van der Waals surface area contributed by atoms with Crippen LogP contribution < -0.4 is 19.7 Å². The Morgan fingerprint density at radius 2 is 1.54 bits per heavy atom. The lowest BCUT2D eigenvalue weighted by Gasteiger charge is -2.39. The van der Waals surface area contributed by atoms with Gasteiger partial charge in [-0.15, -0.1) is 11.3 Å². The quantitative estimate of drug-likeness (QED) is 0.129. The summed E-state index contributed by atoms with van der Waals surface area (Å²) in [5.41, 5.74) is 2.53. The maximum atomic E-state index is 13.2. The number of benzene rings is 4. The molecule has 0 spiro atoms. The van der Waals surface area contributed by atoms with Gasteiger partial charge in [0.25, 0.3) is 5.91 Å². The van der Waals surface area contributed by atoms with Crippen molar-refractivity contribution in [3.63, 3.8) is 0 Å². The number of piperidine rings is 2. The van der Waals surface area contributed by atoms with Crippen LogP contribution in [-0.4, -0.2) is 103 Å². The number of likely N-dealkylation sites (tertiary alicyclic amines) is 1. The van der Waals surface area contributed by atoms with Crippen molar-refractivity contribution in [2.75, 3.05) is 63.9 Å². The van der Waals surface area contributed by atoms with E-state index in [4.69, 9.17) is 9.47 Å². The Labute approximate surface area is 355 Å². The van der Waals surface area contributed by atoms with Gasteiger partial charge in [-0.05, 0) is 122 Å². The summed E-state index contributed by atoms with van der Waals surface area (Å²) >= 11 is 1.34. The first-order valence-electron chi connectivity index (χ1n) is 20.8. The van der Waals surface area contributed by atoms with Crippen LogP contribution in [0, 0.1) is 5.92 Å². The Hall–Kier alpha value is -5.64. The van der Waals surface area contributed by atoms with E-state index in [0.717, 1.165) is 98.7 Å². The van der Waals surface area contributed by atoms with E-state index in [1.165, 1.54) is 23.5 Å². The number of amides is 3. The predicted molar refractivity (Wildman–Crippen MR) is 226 cm³/mol. The first kappa shape index (κ1) is 40.7. The fraction of sp³-hybridized carbons (Fsp3) is 0.370. The van der Waals surface area contributed by atoms with Gasteiger partial charge < -0.3 is 24.4 Å². The Bertz CT molecular complexity index is 2430. The van der Waals surface area contributed by atoms with Crippen molar-refractivity contribution in [1.29, 1.82) is 0 Å². The monoisotopic (exact) mass is 853 g/mol. The van der Waals surface area contributed by atoms with Gasteiger partial charge in [-0.25, -0.2) is 0 Å². The summed E-state index contributed by atoms with van der Waals surface area (Å²) in [6.07, 6.45) is -1.56. The summed E-state index contributed by atoms with van der Waals surface area (Å²) in [5, 5.41) is 13.2. The van der Waals surface area contributed by atoms with Crippen LogP contribution >= 0.6 is 11.3 Å². The first-order valence-corrected chi connectivity index (χ1v) is 21.6. The third-order valence-electron chi connectivity index (χ3n) is 12.3. The van der Waals surface area contributed by atoms with E-state index in [1.807, 2.05) is 36.4 Å². The zero-order valence-electron chi connectivity index (χ0n) is 33.5. The molecule has 9 rings (SSSR count). The van der Waals surface area contributed by atoms with E-state index in [2.05, 4.69) is 26.1 Å². The normalized spacial score (nSPS) is 19.4. The number of thiophene rings is 1. The minimum absolute atomic E-state index is 0.0925. The van der Waals surface area contributed by atoms with Crippen LogP contribution in [0.15, 0.2) is 84.9 Å². The van der Waals surface area contributed by atoms with Crippen molar-refractivity contribution >= 4 is 44.8 Å². The second-order valence-corrected chi connectivity index (χ2v) is 17.3. The minimum atomic E-state index is -4.43. The molecule has 0 bridgehead atoms. The molecule has 11 nitrogen and oxygen atoms in total. The van der Waals surface area contributed by atoms with Crippen molar-refractivity contribution in [2.24, 2.45) is 5.92 Å². The molecule has 3 fully saturated rings. The number of anilines is 1. The van der Waals surface area contributed by atoms with Gasteiger partial charge in [0.1, 0.15) is 29.9 Å². The number of phenols is 1. The molecule has 1 atom stereocenters. The number of hydrogen-bond acceptors (Lipinski definition) is 10. The van der Waals surface area contributed by atoms with Crippen molar-refractivity contribution in [3.05, 3.63) is 102 Å². The Morgan fingerprint density at radius 1 is 0.803 bits per heavy atom. The van der Waals surface area contributed by atoms with E-state index >= 15 is 0 Å². The zero-order chi connectivity index (χ0) is 42.3. The summed E-state index contributed by atoms with van der Waals surface area (Å²) in [4.78, 5) is 46.8. The molecule has 2 N–H and O–H groups in total. The lowest BCUT2D eigenvalue weighted by atomic mass is 9.96. The van der Waals surface area contributed by atoms with Gasteiger partial charge in [-0.3, -0.25) is 29.5 Å². The predicted octanol–water partition coefficient (Wildman–Crippen LogP) is 7.76. The molecule has 0 radical (unpaired) electrons. The lowest BCUT2D eigenvalue weighted by molar-refractivity contribution is -0.138. The van der Waals surface area contributed by atoms with Crippen LogP contribution in [0.2, 0.25) is 0 Å². The van der Waals surface area contributed by atoms with Gasteiger partial charge in [-0.2, -0.15) is 13.2 Å². The number of carbonyl (C=O) groups is 3. The highest BCUT2D eigenvalue weighted by atomic mass is 32.1. The third kappa shape index (κ3) is 8.91. The molecule has 4 aliphatic rings. The molecule has 4 aromatic carbocycles. The topological polar surface area (TPSA) is 115 Å². The minimum Gasteiger partial charge on any atom is -0.508 e. The number of piperazine rings is 1. The number of nitrogens with zero attached hydrogens (tertiary/aromatic N) is 4. The molecule has 1 aromatic heterocycles.